The molecule has 0 unspecified atom stereocenters. The highest BCUT2D eigenvalue weighted by Gasteiger charge is 2.11. The lowest BCUT2D eigenvalue weighted by Gasteiger charge is -2.12. The zero-order valence-corrected chi connectivity index (χ0v) is 12.7. The summed E-state index contributed by atoms with van der Waals surface area (Å²) < 4.78 is 5.29. The fourth-order valence-corrected chi connectivity index (χ4v) is 2.42. The molecule has 3 aromatic rings. The highest BCUT2D eigenvalue weighted by Crippen LogP contribution is 2.26. The van der Waals surface area contributed by atoms with E-state index in [-0.39, 0.29) is 5.91 Å². The molecule has 0 saturated heterocycles. The standard InChI is InChI=1S/C17H17N3O2/c1-10-7-16(22-3)11(2)6-14(10)20-17(21)12-4-5-13-15(8-12)19-9-18-13/h4-9H,1-3H3,(H,18,19)(H,20,21). The summed E-state index contributed by atoms with van der Waals surface area (Å²) >= 11 is 0. The number of imidazole rings is 1. The Labute approximate surface area is 128 Å². The molecule has 0 aliphatic heterocycles. The third-order valence-corrected chi connectivity index (χ3v) is 3.67. The van der Waals surface area contributed by atoms with Gasteiger partial charge in [0, 0.05) is 11.3 Å². The molecule has 1 heterocycles. The van der Waals surface area contributed by atoms with Gasteiger partial charge in [-0.25, -0.2) is 4.98 Å². The van der Waals surface area contributed by atoms with E-state index in [9.17, 15) is 4.79 Å². The topological polar surface area (TPSA) is 67.0 Å². The SMILES string of the molecule is COc1cc(C)c(NC(=O)c2ccc3nc[nH]c3c2)cc1C. The largest absolute Gasteiger partial charge is 0.496 e. The number of ether oxygens (including phenoxy) is 1. The van der Waals surface area contributed by atoms with Crippen molar-refractivity contribution in [2.75, 3.05) is 12.4 Å². The second kappa shape index (κ2) is 5.52. The number of fused-ring (bicyclic) bond motifs is 1. The highest BCUT2D eigenvalue weighted by molar-refractivity contribution is 6.06. The number of amides is 1. The Kier molecular flexibility index (Phi) is 3.55. The second-order valence-corrected chi connectivity index (χ2v) is 5.23. The fraction of sp³-hybridized carbons (Fsp3) is 0.176. The quantitative estimate of drug-likeness (QED) is 0.777. The average molecular weight is 295 g/mol. The van der Waals surface area contributed by atoms with Crippen molar-refractivity contribution >= 4 is 22.6 Å². The minimum atomic E-state index is -0.149. The Morgan fingerprint density at radius 1 is 1.18 bits per heavy atom. The van der Waals surface area contributed by atoms with Crippen molar-refractivity contribution in [1.82, 2.24) is 9.97 Å². The van der Waals surface area contributed by atoms with Crippen molar-refractivity contribution in [2.45, 2.75) is 13.8 Å². The van der Waals surface area contributed by atoms with Crippen LogP contribution in [0.3, 0.4) is 0 Å². The first-order valence-electron chi connectivity index (χ1n) is 6.98. The molecule has 0 aliphatic carbocycles. The molecule has 2 N–H and O–H groups in total. The van der Waals surface area contributed by atoms with Crippen LogP contribution < -0.4 is 10.1 Å². The van der Waals surface area contributed by atoms with E-state index in [1.807, 2.05) is 32.0 Å². The van der Waals surface area contributed by atoms with Crippen LogP contribution in [0.1, 0.15) is 21.5 Å². The van der Waals surface area contributed by atoms with Crippen molar-refractivity contribution in [2.24, 2.45) is 0 Å². The summed E-state index contributed by atoms with van der Waals surface area (Å²) in [5.41, 5.74) is 4.99. The van der Waals surface area contributed by atoms with Crippen LogP contribution in [-0.4, -0.2) is 23.0 Å². The molecule has 1 aromatic heterocycles. The van der Waals surface area contributed by atoms with E-state index in [4.69, 9.17) is 4.74 Å². The number of aromatic amines is 1. The molecule has 5 heteroatoms. The number of hydrogen-bond acceptors (Lipinski definition) is 3. The van der Waals surface area contributed by atoms with E-state index < -0.39 is 0 Å². The maximum atomic E-state index is 12.4. The van der Waals surface area contributed by atoms with Gasteiger partial charge in [-0.05, 0) is 55.3 Å². The van der Waals surface area contributed by atoms with Crippen LogP contribution in [0.4, 0.5) is 5.69 Å². The van der Waals surface area contributed by atoms with E-state index in [0.717, 1.165) is 33.6 Å². The fourth-order valence-electron chi connectivity index (χ4n) is 2.42. The second-order valence-electron chi connectivity index (χ2n) is 5.23. The van der Waals surface area contributed by atoms with Gasteiger partial charge in [0.05, 0.1) is 24.5 Å². The first-order chi connectivity index (χ1) is 10.6. The van der Waals surface area contributed by atoms with Gasteiger partial charge in [0.2, 0.25) is 0 Å². The summed E-state index contributed by atoms with van der Waals surface area (Å²) in [6.07, 6.45) is 1.61. The highest BCUT2D eigenvalue weighted by atomic mass is 16.5. The Hall–Kier alpha value is -2.82. The number of hydrogen-bond donors (Lipinski definition) is 2. The lowest BCUT2D eigenvalue weighted by atomic mass is 10.1. The summed E-state index contributed by atoms with van der Waals surface area (Å²) in [7, 11) is 1.64. The molecule has 2 aromatic carbocycles. The van der Waals surface area contributed by atoms with Crippen LogP contribution in [-0.2, 0) is 0 Å². The van der Waals surface area contributed by atoms with Gasteiger partial charge in [0.1, 0.15) is 5.75 Å². The van der Waals surface area contributed by atoms with Gasteiger partial charge in [-0.15, -0.1) is 0 Å². The summed E-state index contributed by atoms with van der Waals surface area (Å²) in [6.45, 7) is 3.89. The summed E-state index contributed by atoms with van der Waals surface area (Å²) in [5, 5.41) is 2.95. The number of benzene rings is 2. The van der Waals surface area contributed by atoms with Crippen molar-refractivity contribution < 1.29 is 9.53 Å². The van der Waals surface area contributed by atoms with E-state index in [2.05, 4.69) is 15.3 Å². The molecule has 3 rings (SSSR count). The third-order valence-electron chi connectivity index (χ3n) is 3.67. The number of rotatable bonds is 3. The van der Waals surface area contributed by atoms with Gasteiger partial charge >= 0.3 is 0 Å². The minimum absolute atomic E-state index is 0.149. The Bertz CT molecular complexity index is 852. The molecule has 0 radical (unpaired) electrons. The molecule has 112 valence electrons. The van der Waals surface area contributed by atoms with E-state index >= 15 is 0 Å². The van der Waals surface area contributed by atoms with Gasteiger partial charge in [-0.1, -0.05) is 0 Å². The molecule has 22 heavy (non-hydrogen) atoms. The first kappa shape index (κ1) is 14.1. The predicted molar refractivity (Wildman–Crippen MR) is 86.5 cm³/mol. The molecule has 0 atom stereocenters. The molecule has 5 nitrogen and oxygen atoms in total. The van der Waals surface area contributed by atoms with Crippen LogP contribution in [0.25, 0.3) is 11.0 Å². The van der Waals surface area contributed by atoms with Crippen molar-refractivity contribution in [3.05, 3.63) is 53.3 Å². The van der Waals surface area contributed by atoms with Crippen LogP contribution >= 0.6 is 0 Å². The van der Waals surface area contributed by atoms with Gasteiger partial charge in [0.15, 0.2) is 0 Å². The van der Waals surface area contributed by atoms with Crippen molar-refractivity contribution in [1.29, 1.82) is 0 Å². The average Bonchev–Trinajstić information content (AvgIpc) is 2.97. The van der Waals surface area contributed by atoms with Crippen molar-refractivity contribution in [3.63, 3.8) is 0 Å². The number of carbonyl (C=O) groups is 1. The maximum Gasteiger partial charge on any atom is 0.255 e. The number of nitrogens with zero attached hydrogens (tertiary/aromatic N) is 1. The molecule has 0 bridgehead atoms. The number of H-pyrrole nitrogens is 1. The summed E-state index contributed by atoms with van der Waals surface area (Å²) in [6, 6.07) is 9.23. The molecular weight excluding hydrogens is 278 g/mol. The smallest absolute Gasteiger partial charge is 0.255 e. The first-order valence-corrected chi connectivity index (χ1v) is 6.98. The maximum absolute atomic E-state index is 12.4. The van der Waals surface area contributed by atoms with Crippen LogP contribution in [0, 0.1) is 13.8 Å². The molecule has 0 spiro atoms. The number of aromatic nitrogens is 2. The number of aryl methyl sites for hydroxylation is 2. The molecule has 0 aliphatic rings. The number of methoxy groups -OCH3 is 1. The van der Waals surface area contributed by atoms with E-state index in [1.165, 1.54) is 0 Å². The normalized spacial score (nSPS) is 10.7. The van der Waals surface area contributed by atoms with E-state index in [0.29, 0.717) is 5.56 Å². The molecule has 0 saturated carbocycles. The lowest BCUT2D eigenvalue weighted by Crippen LogP contribution is -2.13. The Morgan fingerprint density at radius 2 is 2.00 bits per heavy atom. The van der Waals surface area contributed by atoms with Gasteiger partial charge in [0.25, 0.3) is 5.91 Å². The summed E-state index contributed by atoms with van der Waals surface area (Å²) in [5.74, 6) is 0.665. The number of nitrogens with one attached hydrogen (secondary N) is 2. The predicted octanol–water partition coefficient (Wildman–Crippen LogP) is 3.44. The van der Waals surface area contributed by atoms with Crippen LogP contribution in [0.5, 0.6) is 5.75 Å². The van der Waals surface area contributed by atoms with Gasteiger partial charge in [-0.2, -0.15) is 0 Å². The van der Waals surface area contributed by atoms with Crippen molar-refractivity contribution in [3.8, 4) is 5.75 Å². The molecule has 1 amide bonds. The van der Waals surface area contributed by atoms with E-state index in [1.54, 1.807) is 25.6 Å². The zero-order chi connectivity index (χ0) is 15.7. The summed E-state index contributed by atoms with van der Waals surface area (Å²) in [4.78, 5) is 19.6. The van der Waals surface area contributed by atoms with Gasteiger partial charge < -0.3 is 15.0 Å². The monoisotopic (exact) mass is 295 g/mol. The number of carbonyl (C=O) groups excluding carboxylic acids is 1. The molecule has 0 fully saturated rings. The minimum Gasteiger partial charge on any atom is -0.496 e. The Balaban J connectivity index is 1.89. The van der Waals surface area contributed by atoms with Crippen LogP contribution in [0.15, 0.2) is 36.7 Å². The van der Waals surface area contributed by atoms with Gasteiger partial charge in [-0.3, -0.25) is 4.79 Å². The Morgan fingerprint density at radius 3 is 2.77 bits per heavy atom. The molecular formula is C17H17N3O2. The zero-order valence-electron chi connectivity index (χ0n) is 12.7. The third kappa shape index (κ3) is 2.53. The lowest BCUT2D eigenvalue weighted by molar-refractivity contribution is 0.102. The van der Waals surface area contributed by atoms with Crippen LogP contribution in [0.2, 0.25) is 0 Å². The number of anilines is 1.